The number of thiophene rings is 1. The number of aromatic nitrogens is 1. The Morgan fingerprint density at radius 1 is 0.593 bits per heavy atom. The summed E-state index contributed by atoms with van der Waals surface area (Å²) in [5.74, 6) is 0. The summed E-state index contributed by atoms with van der Waals surface area (Å²) < 4.78 is 5.11. The zero-order valence-electron chi connectivity index (χ0n) is 14.9. The first kappa shape index (κ1) is 15.0. The first-order valence-corrected chi connectivity index (χ1v) is 10.0. The number of aryl methyl sites for hydroxylation is 1. The molecule has 2 aromatic heterocycles. The standard InChI is InChI=1S/C25H17NS/c1-16-11-12-24-20(13-16)21-14-23-19(15-25(21)27-24)18-9-5-6-10-22(18)26(23)17-7-3-2-4-8-17/h2-15H,1H3. The van der Waals surface area contributed by atoms with E-state index in [-0.39, 0.29) is 0 Å². The highest BCUT2D eigenvalue weighted by atomic mass is 32.1. The van der Waals surface area contributed by atoms with Crippen LogP contribution in [0.5, 0.6) is 0 Å². The second kappa shape index (κ2) is 5.45. The predicted octanol–water partition coefficient (Wildman–Crippen LogP) is 7.46. The molecule has 0 amide bonds. The van der Waals surface area contributed by atoms with Crippen molar-refractivity contribution in [2.45, 2.75) is 6.92 Å². The van der Waals surface area contributed by atoms with Gasteiger partial charge in [0, 0.05) is 36.6 Å². The summed E-state index contributed by atoms with van der Waals surface area (Å²) in [4.78, 5) is 0. The zero-order chi connectivity index (χ0) is 18.0. The Balaban J connectivity index is 1.84. The van der Waals surface area contributed by atoms with Gasteiger partial charge < -0.3 is 4.57 Å². The van der Waals surface area contributed by atoms with E-state index < -0.39 is 0 Å². The lowest BCUT2D eigenvalue weighted by Crippen LogP contribution is -1.92. The lowest BCUT2D eigenvalue weighted by atomic mass is 10.1. The fourth-order valence-electron chi connectivity index (χ4n) is 4.21. The van der Waals surface area contributed by atoms with Crippen LogP contribution in [0.3, 0.4) is 0 Å². The molecule has 2 heterocycles. The van der Waals surface area contributed by atoms with Crippen LogP contribution in [0.15, 0.2) is 84.9 Å². The Bertz CT molecular complexity index is 1470. The molecule has 0 saturated carbocycles. The molecule has 128 valence electrons. The van der Waals surface area contributed by atoms with Crippen molar-refractivity contribution in [2.75, 3.05) is 0 Å². The normalized spacial score (nSPS) is 11.9. The maximum atomic E-state index is 2.39. The number of hydrogen-bond donors (Lipinski definition) is 0. The molecule has 0 saturated heterocycles. The number of fused-ring (bicyclic) bond motifs is 6. The Morgan fingerprint density at radius 3 is 2.26 bits per heavy atom. The first-order valence-electron chi connectivity index (χ1n) is 9.21. The number of para-hydroxylation sites is 2. The van der Waals surface area contributed by atoms with Crippen molar-refractivity contribution in [2.24, 2.45) is 0 Å². The van der Waals surface area contributed by atoms with E-state index in [1.165, 1.54) is 53.2 Å². The Kier molecular flexibility index (Phi) is 3.03. The van der Waals surface area contributed by atoms with Crippen molar-refractivity contribution in [1.29, 1.82) is 0 Å². The summed E-state index contributed by atoms with van der Waals surface area (Å²) in [5, 5.41) is 5.35. The highest BCUT2D eigenvalue weighted by Gasteiger charge is 2.15. The minimum Gasteiger partial charge on any atom is -0.309 e. The average Bonchev–Trinajstić information content (AvgIpc) is 3.22. The van der Waals surface area contributed by atoms with E-state index in [0.717, 1.165) is 0 Å². The molecule has 0 spiro atoms. The number of benzene rings is 4. The maximum Gasteiger partial charge on any atom is 0.0548 e. The lowest BCUT2D eigenvalue weighted by Gasteiger charge is -2.07. The van der Waals surface area contributed by atoms with Crippen molar-refractivity contribution < 1.29 is 0 Å². The van der Waals surface area contributed by atoms with Gasteiger partial charge >= 0.3 is 0 Å². The molecule has 1 nitrogen and oxygen atoms in total. The van der Waals surface area contributed by atoms with Gasteiger partial charge in [0.25, 0.3) is 0 Å². The van der Waals surface area contributed by atoms with Gasteiger partial charge in [-0.05, 0) is 49.4 Å². The monoisotopic (exact) mass is 363 g/mol. The smallest absolute Gasteiger partial charge is 0.0548 e. The molecule has 0 radical (unpaired) electrons. The van der Waals surface area contributed by atoms with Crippen LogP contribution >= 0.6 is 11.3 Å². The first-order chi connectivity index (χ1) is 13.3. The molecule has 6 aromatic rings. The Hall–Kier alpha value is -3.10. The Morgan fingerprint density at radius 2 is 1.37 bits per heavy atom. The molecule has 0 bridgehead atoms. The minimum absolute atomic E-state index is 1.21. The topological polar surface area (TPSA) is 4.93 Å². The van der Waals surface area contributed by atoms with E-state index in [1.54, 1.807) is 0 Å². The molecule has 0 aliphatic heterocycles. The van der Waals surface area contributed by atoms with Crippen LogP contribution in [0.4, 0.5) is 0 Å². The molecule has 0 unspecified atom stereocenters. The molecule has 0 atom stereocenters. The predicted molar refractivity (Wildman–Crippen MR) is 118 cm³/mol. The van der Waals surface area contributed by atoms with E-state index >= 15 is 0 Å². The summed E-state index contributed by atoms with van der Waals surface area (Å²) in [5.41, 5.74) is 5.05. The van der Waals surface area contributed by atoms with Crippen LogP contribution in [0.1, 0.15) is 5.56 Å². The molecular formula is C25H17NS. The van der Waals surface area contributed by atoms with Gasteiger partial charge in [0.05, 0.1) is 11.0 Å². The quantitative estimate of drug-likeness (QED) is 0.286. The summed E-state index contributed by atoms with van der Waals surface area (Å²) >= 11 is 1.89. The van der Waals surface area contributed by atoms with E-state index in [1.807, 2.05) is 11.3 Å². The highest BCUT2D eigenvalue weighted by molar-refractivity contribution is 7.25. The number of nitrogens with zero attached hydrogens (tertiary/aromatic N) is 1. The largest absolute Gasteiger partial charge is 0.309 e. The second-order valence-electron chi connectivity index (χ2n) is 7.16. The van der Waals surface area contributed by atoms with Gasteiger partial charge in [0.15, 0.2) is 0 Å². The molecule has 0 N–H and O–H groups in total. The van der Waals surface area contributed by atoms with Crippen LogP contribution in [0.25, 0.3) is 47.7 Å². The molecule has 2 heteroatoms. The minimum atomic E-state index is 1.21. The molecule has 4 aromatic carbocycles. The molecule has 6 rings (SSSR count). The number of hydrogen-bond acceptors (Lipinski definition) is 1. The maximum absolute atomic E-state index is 2.39. The second-order valence-corrected chi connectivity index (χ2v) is 8.24. The molecule has 27 heavy (non-hydrogen) atoms. The van der Waals surface area contributed by atoms with Crippen molar-refractivity contribution >= 4 is 53.3 Å². The van der Waals surface area contributed by atoms with Crippen LogP contribution in [-0.2, 0) is 0 Å². The molecule has 0 aliphatic carbocycles. The average molecular weight is 363 g/mol. The van der Waals surface area contributed by atoms with Crippen LogP contribution in [-0.4, -0.2) is 4.57 Å². The van der Waals surface area contributed by atoms with Gasteiger partial charge in [0.1, 0.15) is 0 Å². The van der Waals surface area contributed by atoms with Gasteiger partial charge in [-0.2, -0.15) is 0 Å². The van der Waals surface area contributed by atoms with Crippen LogP contribution in [0.2, 0.25) is 0 Å². The summed E-state index contributed by atoms with van der Waals surface area (Å²) in [7, 11) is 0. The van der Waals surface area contributed by atoms with Gasteiger partial charge in [-0.3, -0.25) is 0 Å². The third-order valence-corrected chi connectivity index (χ3v) is 6.57. The fourth-order valence-corrected chi connectivity index (χ4v) is 5.31. The summed E-state index contributed by atoms with van der Waals surface area (Å²) in [6, 6.07) is 30.9. The van der Waals surface area contributed by atoms with Crippen molar-refractivity contribution in [3.8, 4) is 5.69 Å². The van der Waals surface area contributed by atoms with E-state index in [4.69, 9.17) is 0 Å². The molecule has 0 fully saturated rings. The van der Waals surface area contributed by atoms with Crippen molar-refractivity contribution in [3.63, 3.8) is 0 Å². The molecule has 0 aliphatic rings. The summed E-state index contributed by atoms with van der Waals surface area (Å²) in [6.45, 7) is 2.17. The number of rotatable bonds is 1. The van der Waals surface area contributed by atoms with Gasteiger partial charge in [0.2, 0.25) is 0 Å². The van der Waals surface area contributed by atoms with Crippen LogP contribution in [0, 0.1) is 6.92 Å². The van der Waals surface area contributed by atoms with Gasteiger partial charge in [-0.15, -0.1) is 11.3 Å². The Labute approximate surface area is 161 Å². The molecular weight excluding hydrogens is 346 g/mol. The summed E-state index contributed by atoms with van der Waals surface area (Å²) in [6.07, 6.45) is 0. The third kappa shape index (κ3) is 2.11. The van der Waals surface area contributed by atoms with Gasteiger partial charge in [-0.1, -0.05) is 48.0 Å². The van der Waals surface area contributed by atoms with E-state index in [0.29, 0.717) is 0 Å². The SMILES string of the molecule is Cc1ccc2sc3cc4c5ccccc5n(-c5ccccc5)c4cc3c2c1. The van der Waals surface area contributed by atoms with E-state index in [2.05, 4.69) is 96.4 Å². The zero-order valence-corrected chi connectivity index (χ0v) is 15.8. The van der Waals surface area contributed by atoms with E-state index in [9.17, 15) is 0 Å². The van der Waals surface area contributed by atoms with Crippen LogP contribution < -0.4 is 0 Å². The fraction of sp³-hybridized carbons (Fsp3) is 0.0400. The lowest BCUT2D eigenvalue weighted by molar-refractivity contribution is 1.18. The van der Waals surface area contributed by atoms with Crippen molar-refractivity contribution in [1.82, 2.24) is 4.57 Å². The third-order valence-electron chi connectivity index (χ3n) is 5.43. The van der Waals surface area contributed by atoms with Gasteiger partial charge in [-0.25, -0.2) is 0 Å². The highest BCUT2D eigenvalue weighted by Crippen LogP contribution is 2.40. The van der Waals surface area contributed by atoms with Crippen molar-refractivity contribution in [3.05, 3.63) is 90.5 Å².